The van der Waals surface area contributed by atoms with Gasteiger partial charge in [0.25, 0.3) is 0 Å². The number of aliphatic hydroxyl groups excluding tert-OH is 1. The first kappa shape index (κ1) is 14.8. The summed E-state index contributed by atoms with van der Waals surface area (Å²) in [6.45, 7) is 1.81. The molecule has 0 radical (unpaired) electrons. The number of aryl methyl sites for hydroxylation is 1. The quantitative estimate of drug-likeness (QED) is 0.675. The fourth-order valence-electron chi connectivity index (χ4n) is 1.92. The van der Waals surface area contributed by atoms with E-state index in [1.54, 1.807) is 24.3 Å². The fourth-order valence-corrected chi connectivity index (χ4v) is 1.92. The van der Waals surface area contributed by atoms with Gasteiger partial charge < -0.3 is 14.6 Å². The molecule has 0 saturated heterocycles. The fraction of sp³-hybridized carbons (Fsp3) is 0.200. The van der Waals surface area contributed by atoms with Crippen LogP contribution < -0.4 is 9.47 Å². The topological polar surface area (TPSA) is 81.8 Å². The van der Waals surface area contributed by atoms with E-state index in [1.807, 2.05) is 6.92 Å². The molecule has 0 fully saturated rings. The van der Waals surface area contributed by atoms with Crippen molar-refractivity contribution in [2.75, 3.05) is 7.11 Å². The third-order valence-corrected chi connectivity index (χ3v) is 3.07. The van der Waals surface area contributed by atoms with Crippen LogP contribution in [0.15, 0.2) is 36.4 Å². The molecule has 0 bridgehead atoms. The van der Waals surface area contributed by atoms with Crippen molar-refractivity contribution in [2.45, 2.75) is 13.5 Å². The number of hydrogen-bond donors (Lipinski definition) is 1. The van der Waals surface area contributed by atoms with Gasteiger partial charge in [-0.2, -0.15) is 0 Å². The maximum atomic E-state index is 11.0. The summed E-state index contributed by atoms with van der Waals surface area (Å²) < 4.78 is 10.5. The highest BCUT2D eigenvalue weighted by Gasteiger charge is 2.16. The second-order valence-electron chi connectivity index (χ2n) is 4.44. The van der Waals surface area contributed by atoms with Crippen molar-refractivity contribution >= 4 is 5.69 Å². The van der Waals surface area contributed by atoms with E-state index >= 15 is 0 Å². The standard InChI is InChI=1S/C15H15NO5/c1-10-7-12(4-3-11(10)9-17)21-13-5-6-15(20-2)14(8-13)16(18)19/h3-8,17H,9H2,1-2H3. The molecule has 21 heavy (non-hydrogen) atoms. The number of ether oxygens (including phenoxy) is 2. The van der Waals surface area contributed by atoms with Gasteiger partial charge in [0.1, 0.15) is 11.5 Å². The molecule has 0 aliphatic carbocycles. The van der Waals surface area contributed by atoms with Crippen molar-refractivity contribution in [3.8, 4) is 17.2 Å². The van der Waals surface area contributed by atoms with Crippen LogP contribution in [0.4, 0.5) is 5.69 Å². The van der Waals surface area contributed by atoms with E-state index in [0.29, 0.717) is 11.5 Å². The molecule has 0 unspecified atom stereocenters. The Balaban J connectivity index is 2.29. The largest absolute Gasteiger partial charge is 0.490 e. The summed E-state index contributed by atoms with van der Waals surface area (Å²) >= 11 is 0. The first-order valence-electron chi connectivity index (χ1n) is 6.26. The summed E-state index contributed by atoms with van der Waals surface area (Å²) in [5, 5.41) is 20.1. The Hall–Kier alpha value is -2.60. The summed E-state index contributed by atoms with van der Waals surface area (Å²) in [5.41, 5.74) is 1.54. The van der Waals surface area contributed by atoms with Crippen LogP contribution in [0.25, 0.3) is 0 Å². The summed E-state index contributed by atoms with van der Waals surface area (Å²) in [7, 11) is 1.37. The molecule has 0 amide bonds. The maximum Gasteiger partial charge on any atom is 0.314 e. The molecule has 2 rings (SSSR count). The number of nitrogens with zero attached hydrogens (tertiary/aromatic N) is 1. The van der Waals surface area contributed by atoms with Gasteiger partial charge in [0.15, 0.2) is 5.75 Å². The molecule has 0 aliphatic rings. The average Bonchev–Trinajstić information content (AvgIpc) is 2.47. The van der Waals surface area contributed by atoms with Gasteiger partial charge in [0, 0.05) is 0 Å². The van der Waals surface area contributed by atoms with E-state index in [9.17, 15) is 10.1 Å². The number of aliphatic hydroxyl groups is 1. The van der Waals surface area contributed by atoms with Gasteiger partial charge in [-0.05, 0) is 42.3 Å². The van der Waals surface area contributed by atoms with Crippen molar-refractivity contribution in [2.24, 2.45) is 0 Å². The summed E-state index contributed by atoms with van der Waals surface area (Å²) in [5.74, 6) is 1.07. The van der Waals surface area contributed by atoms with Gasteiger partial charge in [-0.25, -0.2) is 0 Å². The Bertz CT molecular complexity index is 669. The predicted octanol–water partition coefficient (Wildman–Crippen LogP) is 3.20. The van der Waals surface area contributed by atoms with Crippen molar-refractivity contribution < 1.29 is 19.5 Å². The highest BCUT2D eigenvalue weighted by Crippen LogP contribution is 2.33. The molecule has 6 nitrogen and oxygen atoms in total. The maximum absolute atomic E-state index is 11.0. The SMILES string of the molecule is COc1ccc(Oc2ccc(CO)c(C)c2)cc1[N+](=O)[O-]. The molecule has 0 aliphatic heterocycles. The molecule has 6 heteroatoms. The Morgan fingerprint density at radius 3 is 2.43 bits per heavy atom. The minimum Gasteiger partial charge on any atom is -0.490 e. The van der Waals surface area contributed by atoms with Gasteiger partial charge in [0.05, 0.1) is 24.7 Å². The number of nitro groups is 1. The van der Waals surface area contributed by atoms with Crippen LogP contribution in [-0.4, -0.2) is 17.1 Å². The smallest absolute Gasteiger partial charge is 0.314 e. The van der Waals surface area contributed by atoms with E-state index in [1.165, 1.54) is 19.2 Å². The van der Waals surface area contributed by atoms with Gasteiger partial charge in [0.2, 0.25) is 0 Å². The lowest BCUT2D eigenvalue weighted by molar-refractivity contribution is -0.385. The molecule has 2 aromatic rings. The number of rotatable bonds is 5. The predicted molar refractivity (Wildman–Crippen MR) is 76.8 cm³/mol. The van der Waals surface area contributed by atoms with Crippen LogP contribution in [0, 0.1) is 17.0 Å². The molecule has 2 aromatic carbocycles. The number of methoxy groups -OCH3 is 1. The minimum atomic E-state index is -0.522. The van der Waals surface area contributed by atoms with E-state index in [-0.39, 0.29) is 18.0 Å². The molecule has 110 valence electrons. The second-order valence-corrected chi connectivity index (χ2v) is 4.44. The summed E-state index contributed by atoms with van der Waals surface area (Å²) in [4.78, 5) is 10.4. The van der Waals surface area contributed by atoms with Crippen molar-refractivity contribution in [3.63, 3.8) is 0 Å². The first-order valence-corrected chi connectivity index (χ1v) is 6.26. The Labute approximate surface area is 121 Å². The lowest BCUT2D eigenvalue weighted by Gasteiger charge is -2.09. The van der Waals surface area contributed by atoms with E-state index < -0.39 is 4.92 Å². The van der Waals surface area contributed by atoms with Gasteiger partial charge in [-0.3, -0.25) is 10.1 Å². The molecule has 0 heterocycles. The minimum absolute atomic E-state index is 0.0415. The monoisotopic (exact) mass is 289 g/mol. The zero-order chi connectivity index (χ0) is 15.4. The molecule has 0 atom stereocenters. The number of benzene rings is 2. The normalized spacial score (nSPS) is 10.2. The number of hydrogen-bond acceptors (Lipinski definition) is 5. The molecular weight excluding hydrogens is 274 g/mol. The molecule has 0 spiro atoms. The van der Waals surface area contributed by atoms with Crippen molar-refractivity contribution in [1.82, 2.24) is 0 Å². The van der Waals surface area contributed by atoms with Crippen LogP contribution in [0.3, 0.4) is 0 Å². The second kappa shape index (κ2) is 6.23. The van der Waals surface area contributed by atoms with Crippen LogP contribution in [0.1, 0.15) is 11.1 Å². The molecule has 1 N–H and O–H groups in total. The summed E-state index contributed by atoms with van der Waals surface area (Å²) in [6.07, 6.45) is 0. The lowest BCUT2D eigenvalue weighted by Crippen LogP contribution is -1.95. The highest BCUT2D eigenvalue weighted by molar-refractivity contribution is 5.52. The average molecular weight is 289 g/mol. The van der Waals surface area contributed by atoms with Crippen LogP contribution in [0.5, 0.6) is 17.2 Å². The van der Waals surface area contributed by atoms with Gasteiger partial charge >= 0.3 is 5.69 Å². The molecule has 0 saturated carbocycles. The lowest BCUT2D eigenvalue weighted by atomic mass is 10.1. The Morgan fingerprint density at radius 1 is 1.19 bits per heavy atom. The molecule has 0 aromatic heterocycles. The zero-order valence-corrected chi connectivity index (χ0v) is 11.7. The number of nitro benzene ring substituents is 1. The molecular formula is C15H15NO5. The van der Waals surface area contributed by atoms with E-state index in [4.69, 9.17) is 14.6 Å². The third-order valence-electron chi connectivity index (χ3n) is 3.07. The van der Waals surface area contributed by atoms with Crippen molar-refractivity contribution in [1.29, 1.82) is 0 Å². The Morgan fingerprint density at radius 2 is 1.86 bits per heavy atom. The van der Waals surface area contributed by atoms with Crippen molar-refractivity contribution in [3.05, 3.63) is 57.6 Å². The van der Waals surface area contributed by atoms with Gasteiger partial charge in [-0.1, -0.05) is 6.07 Å². The zero-order valence-electron chi connectivity index (χ0n) is 11.7. The van der Waals surface area contributed by atoms with E-state index in [2.05, 4.69) is 0 Å². The van der Waals surface area contributed by atoms with Crippen LogP contribution >= 0.6 is 0 Å². The van der Waals surface area contributed by atoms with E-state index in [0.717, 1.165) is 11.1 Å². The van der Waals surface area contributed by atoms with Gasteiger partial charge in [-0.15, -0.1) is 0 Å². The third kappa shape index (κ3) is 3.29. The highest BCUT2D eigenvalue weighted by atomic mass is 16.6. The summed E-state index contributed by atoms with van der Waals surface area (Å²) in [6, 6.07) is 9.62. The first-order chi connectivity index (χ1) is 10.0. The van der Waals surface area contributed by atoms with Crippen LogP contribution in [0.2, 0.25) is 0 Å². The van der Waals surface area contributed by atoms with Crippen LogP contribution in [-0.2, 0) is 6.61 Å². The Kier molecular flexibility index (Phi) is 4.39.